The van der Waals surface area contributed by atoms with Crippen LogP contribution in [0.2, 0.25) is 0 Å². The lowest BCUT2D eigenvalue weighted by Crippen LogP contribution is -2.36. The zero-order chi connectivity index (χ0) is 14.5. The number of hydrogen-bond donors (Lipinski definition) is 1. The Morgan fingerprint density at radius 2 is 1.86 bits per heavy atom. The number of hydrogen-bond acceptors (Lipinski definition) is 3. The van der Waals surface area contributed by atoms with Crippen molar-refractivity contribution in [2.75, 3.05) is 36.5 Å². The van der Waals surface area contributed by atoms with E-state index in [0.29, 0.717) is 6.54 Å². The number of para-hydroxylation sites is 2. The number of rotatable bonds is 4. The van der Waals surface area contributed by atoms with Crippen molar-refractivity contribution in [1.82, 2.24) is 0 Å². The number of ether oxygens (including phenoxy) is 1. The Kier molecular flexibility index (Phi) is 4.36. The molecule has 1 fully saturated rings. The largest absolute Gasteiger partial charge is 0.379 e. The van der Waals surface area contributed by atoms with Crippen molar-refractivity contribution in [3.05, 3.63) is 59.9 Å². The minimum Gasteiger partial charge on any atom is -0.379 e. The van der Waals surface area contributed by atoms with Gasteiger partial charge in [-0.1, -0.05) is 24.3 Å². The Bertz CT molecular complexity index is 597. The molecule has 0 aliphatic carbocycles. The topological polar surface area (TPSA) is 24.5 Å². The van der Waals surface area contributed by atoms with E-state index in [0.717, 1.165) is 37.6 Å². The van der Waals surface area contributed by atoms with Gasteiger partial charge in [0.15, 0.2) is 0 Å². The summed E-state index contributed by atoms with van der Waals surface area (Å²) in [4.78, 5) is 2.32. The summed E-state index contributed by atoms with van der Waals surface area (Å²) in [7, 11) is 0. The van der Waals surface area contributed by atoms with Crippen molar-refractivity contribution < 1.29 is 9.13 Å². The van der Waals surface area contributed by atoms with E-state index in [1.54, 1.807) is 12.1 Å². The van der Waals surface area contributed by atoms with Gasteiger partial charge in [0.1, 0.15) is 5.82 Å². The molecule has 0 spiro atoms. The van der Waals surface area contributed by atoms with Crippen LogP contribution in [0, 0.1) is 5.82 Å². The quantitative estimate of drug-likeness (QED) is 0.933. The molecule has 1 aliphatic heterocycles. The number of benzene rings is 2. The minimum absolute atomic E-state index is 0.198. The number of nitrogens with zero attached hydrogens (tertiary/aromatic N) is 1. The van der Waals surface area contributed by atoms with Crippen LogP contribution in [0.1, 0.15) is 5.56 Å². The van der Waals surface area contributed by atoms with Crippen LogP contribution in [0.5, 0.6) is 0 Å². The van der Waals surface area contributed by atoms with E-state index in [2.05, 4.69) is 22.3 Å². The van der Waals surface area contributed by atoms with E-state index < -0.39 is 0 Å². The average molecular weight is 286 g/mol. The third-order valence-corrected chi connectivity index (χ3v) is 3.63. The monoisotopic (exact) mass is 286 g/mol. The molecule has 2 aromatic carbocycles. The molecule has 0 atom stereocenters. The van der Waals surface area contributed by atoms with Gasteiger partial charge in [0, 0.05) is 19.6 Å². The number of halogens is 1. The molecule has 4 heteroatoms. The van der Waals surface area contributed by atoms with E-state index in [1.807, 2.05) is 18.2 Å². The van der Waals surface area contributed by atoms with Crippen LogP contribution in [0.15, 0.2) is 48.5 Å². The average Bonchev–Trinajstić information content (AvgIpc) is 2.54. The molecule has 1 aliphatic rings. The molecule has 0 bridgehead atoms. The fourth-order valence-corrected chi connectivity index (χ4v) is 2.55. The summed E-state index contributed by atoms with van der Waals surface area (Å²) in [6.07, 6.45) is 0. The Balaban J connectivity index is 1.73. The minimum atomic E-state index is -0.198. The van der Waals surface area contributed by atoms with Gasteiger partial charge in [0.25, 0.3) is 0 Å². The van der Waals surface area contributed by atoms with Crippen molar-refractivity contribution in [1.29, 1.82) is 0 Å². The lowest BCUT2D eigenvalue weighted by molar-refractivity contribution is 0.123. The first kappa shape index (κ1) is 13.9. The fraction of sp³-hybridized carbons (Fsp3) is 0.294. The van der Waals surface area contributed by atoms with Crippen molar-refractivity contribution in [2.24, 2.45) is 0 Å². The molecule has 0 aromatic heterocycles. The highest BCUT2D eigenvalue weighted by atomic mass is 19.1. The van der Waals surface area contributed by atoms with Crippen LogP contribution in [-0.2, 0) is 11.3 Å². The van der Waals surface area contributed by atoms with Crippen LogP contribution < -0.4 is 10.2 Å². The van der Waals surface area contributed by atoms with E-state index in [4.69, 9.17) is 4.74 Å². The summed E-state index contributed by atoms with van der Waals surface area (Å²) in [5.74, 6) is -0.198. The van der Waals surface area contributed by atoms with Crippen molar-refractivity contribution in [2.45, 2.75) is 6.54 Å². The predicted molar refractivity (Wildman–Crippen MR) is 83.2 cm³/mol. The molecule has 3 rings (SSSR count). The van der Waals surface area contributed by atoms with Crippen LogP contribution >= 0.6 is 0 Å². The molecule has 0 radical (unpaired) electrons. The molecule has 110 valence electrons. The second-order valence-electron chi connectivity index (χ2n) is 5.10. The second-order valence-corrected chi connectivity index (χ2v) is 5.10. The molecule has 1 N–H and O–H groups in total. The number of morpholine rings is 1. The predicted octanol–water partition coefficient (Wildman–Crippen LogP) is 3.27. The zero-order valence-corrected chi connectivity index (χ0v) is 11.9. The maximum atomic E-state index is 13.2. The van der Waals surface area contributed by atoms with Crippen LogP contribution in [0.3, 0.4) is 0 Å². The molecular weight excluding hydrogens is 267 g/mol. The van der Waals surface area contributed by atoms with E-state index in [1.165, 1.54) is 11.8 Å². The summed E-state index contributed by atoms with van der Waals surface area (Å²) in [5, 5.41) is 3.40. The highest BCUT2D eigenvalue weighted by Gasteiger charge is 2.14. The standard InChI is InChI=1S/C17H19FN2O/c18-15-5-3-4-14(12-15)13-19-16-6-1-2-7-17(16)20-8-10-21-11-9-20/h1-7,12,19H,8-11,13H2. The van der Waals surface area contributed by atoms with Gasteiger partial charge < -0.3 is 15.0 Å². The van der Waals surface area contributed by atoms with Crippen molar-refractivity contribution in [3.63, 3.8) is 0 Å². The van der Waals surface area contributed by atoms with E-state index >= 15 is 0 Å². The third-order valence-electron chi connectivity index (χ3n) is 3.63. The molecular formula is C17H19FN2O. The summed E-state index contributed by atoms with van der Waals surface area (Å²) < 4.78 is 18.6. The molecule has 0 unspecified atom stereocenters. The van der Waals surface area contributed by atoms with Gasteiger partial charge in [0.05, 0.1) is 24.6 Å². The molecule has 0 saturated carbocycles. The van der Waals surface area contributed by atoms with Crippen molar-refractivity contribution in [3.8, 4) is 0 Å². The van der Waals surface area contributed by atoms with Crippen LogP contribution in [-0.4, -0.2) is 26.3 Å². The smallest absolute Gasteiger partial charge is 0.123 e. The summed E-state index contributed by atoms with van der Waals surface area (Å²) in [6.45, 7) is 3.94. The zero-order valence-electron chi connectivity index (χ0n) is 11.9. The van der Waals surface area contributed by atoms with E-state index in [-0.39, 0.29) is 5.82 Å². The van der Waals surface area contributed by atoms with Gasteiger partial charge in [-0.2, -0.15) is 0 Å². The Labute approximate surface area is 124 Å². The maximum Gasteiger partial charge on any atom is 0.123 e. The molecule has 21 heavy (non-hydrogen) atoms. The first-order chi connectivity index (χ1) is 10.3. The first-order valence-electron chi connectivity index (χ1n) is 7.23. The van der Waals surface area contributed by atoms with Crippen LogP contribution in [0.4, 0.5) is 15.8 Å². The van der Waals surface area contributed by atoms with Gasteiger partial charge in [-0.05, 0) is 29.8 Å². The highest BCUT2D eigenvalue weighted by Crippen LogP contribution is 2.26. The van der Waals surface area contributed by atoms with Gasteiger partial charge in [-0.25, -0.2) is 4.39 Å². The van der Waals surface area contributed by atoms with Gasteiger partial charge in [0.2, 0.25) is 0 Å². The van der Waals surface area contributed by atoms with Gasteiger partial charge >= 0.3 is 0 Å². The fourth-order valence-electron chi connectivity index (χ4n) is 2.55. The second kappa shape index (κ2) is 6.59. The van der Waals surface area contributed by atoms with Crippen molar-refractivity contribution >= 4 is 11.4 Å². The summed E-state index contributed by atoms with van der Waals surface area (Å²) in [6, 6.07) is 14.9. The highest BCUT2D eigenvalue weighted by molar-refractivity contribution is 5.70. The van der Waals surface area contributed by atoms with Crippen LogP contribution in [0.25, 0.3) is 0 Å². The summed E-state index contributed by atoms with van der Waals surface area (Å²) in [5.41, 5.74) is 3.19. The molecule has 0 amide bonds. The summed E-state index contributed by atoms with van der Waals surface area (Å²) >= 11 is 0. The lowest BCUT2D eigenvalue weighted by Gasteiger charge is -2.30. The Morgan fingerprint density at radius 1 is 1.05 bits per heavy atom. The third kappa shape index (κ3) is 3.52. The lowest BCUT2D eigenvalue weighted by atomic mass is 10.2. The number of anilines is 2. The number of nitrogens with one attached hydrogen (secondary N) is 1. The Morgan fingerprint density at radius 3 is 2.67 bits per heavy atom. The molecule has 2 aromatic rings. The van der Waals surface area contributed by atoms with E-state index in [9.17, 15) is 4.39 Å². The molecule has 1 heterocycles. The van der Waals surface area contributed by atoms with Gasteiger partial charge in [-0.15, -0.1) is 0 Å². The SMILES string of the molecule is Fc1cccc(CNc2ccccc2N2CCOCC2)c1. The Hall–Kier alpha value is -2.07. The molecule has 3 nitrogen and oxygen atoms in total. The maximum absolute atomic E-state index is 13.2. The van der Waals surface area contributed by atoms with Gasteiger partial charge in [-0.3, -0.25) is 0 Å². The first-order valence-corrected chi connectivity index (χ1v) is 7.23. The normalized spacial score (nSPS) is 15.0. The molecule has 1 saturated heterocycles.